The molecule has 5 nitrogen and oxygen atoms in total. The van der Waals surface area contributed by atoms with Crippen molar-refractivity contribution in [1.29, 1.82) is 0 Å². The maximum absolute atomic E-state index is 12.5. The van der Waals surface area contributed by atoms with Gasteiger partial charge in [-0.15, -0.1) is 0 Å². The summed E-state index contributed by atoms with van der Waals surface area (Å²) >= 11 is 0. The highest BCUT2D eigenvalue weighted by atomic mass is 35.5. The van der Waals surface area contributed by atoms with E-state index in [4.69, 9.17) is 4.74 Å². The molecular weight excluding hydrogens is 434 g/mol. The Kier molecular flexibility index (Phi) is 8.74. The molecular formula is C27H24ClN3O2. The predicted molar refractivity (Wildman–Crippen MR) is 124 cm³/mol. The number of carbonyl (C=O) groups excluding carboxylic acids is 1. The molecule has 0 radical (unpaired) electrons. The van der Waals surface area contributed by atoms with Crippen LogP contribution in [0.25, 0.3) is 0 Å². The van der Waals surface area contributed by atoms with Gasteiger partial charge in [0.2, 0.25) is 0 Å². The van der Waals surface area contributed by atoms with E-state index in [9.17, 15) is 4.79 Å². The van der Waals surface area contributed by atoms with Crippen molar-refractivity contribution in [3.8, 4) is 5.75 Å². The molecule has 0 aliphatic heterocycles. The van der Waals surface area contributed by atoms with Crippen LogP contribution >= 0.6 is 0 Å². The summed E-state index contributed by atoms with van der Waals surface area (Å²) < 4.78 is 7.76. The lowest BCUT2D eigenvalue weighted by atomic mass is 10.2. The second-order valence-corrected chi connectivity index (χ2v) is 7.29. The fraction of sp³-hybridized carbons (Fsp3) is 0.0741. The van der Waals surface area contributed by atoms with Gasteiger partial charge >= 0.3 is 0 Å². The van der Waals surface area contributed by atoms with Crippen molar-refractivity contribution in [3.63, 3.8) is 0 Å². The highest BCUT2D eigenvalue weighted by Gasteiger charge is 2.10. The van der Waals surface area contributed by atoms with Crippen LogP contribution in [0.2, 0.25) is 0 Å². The average Bonchev–Trinajstić information content (AvgIpc) is 2.85. The first-order valence-electron chi connectivity index (χ1n) is 10.4. The van der Waals surface area contributed by atoms with E-state index in [1.165, 1.54) is 5.56 Å². The van der Waals surface area contributed by atoms with Crippen molar-refractivity contribution in [2.24, 2.45) is 5.10 Å². The molecule has 166 valence electrons. The lowest BCUT2D eigenvalue weighted by Gasteiger charge is -2.06. The first kappa shape index (κ1) is 23.7. The third-order valence-corrected chi connectivity index (χ3v) is 4.84. The summed E-state index contributed by atoms with van der Waals surface area (Å²) in [5.74, 6) is 0.522. The fourth-order valence-electron chi connectivity index (χ4n) is 3.17. The van der Waals surface area contributed by atoms with E-state index in [-0.39, 0.29) is 18.3 Å². The smallest absolute Gasteiger partial charge is 0.277 e. The van der Waals surface area contributed by atoms with Crippen molar-refractivity contribution < 1.29 is 26.5 Å². The zero-order valence-electron chi connectivity index (χ0n) is 18.0. The number of hydrogen-bond acceptors (Lipinski definition) is 3. The van der Waals surface area contributed by atoms with Crippen molar-refractivity contribution in [2.45, 2.75) is 13.2 Å². The van der Waals surface area contributed by atoms with Gasteiger partial charge in [-0.05, 0) is 41.5 Å². The van der Waals surface area contributed by atoms with Crippen LogP contribution in [0.3, 0.4) is 0 Å². The summed E-state index contributed by atoms with van der Waals surface area (Å²) in [5, 5.41) is 4.08. The van der Waals surface area contributed by atoms with E-state index in [0.717, 1.165) is 16.9 Å². The number of amides is 1. The third kappa shape index (κ3) is 7.30. The Bertz CT molecular complexity index is 1180. The Balaban J connectivity index is 0.00000306. The van der Waals surface area contributed by atoms with Crippen LogP contribution in [0.5, 0.6) is 5.75 Å². The summed E-state index contributed by atoms with van der Waals surface area (Å²) in [7, 11) is 0. The molecule has 4 rings (SSSR count). The van der Waals surface area contributed by atoms with Gasteiger partial charge in [0, 0.05) is 11.6 Å². The van der Waals surface area contributed by atoms with E-state index in [0.29, 0.717) is 18.7 Å². The minimum absolute atomic E-state index is 0. The van der Waals surface area contributed by atoms with E-state index in [2.05, 4.69) is 22.7 Å². The SMILES string of the molecule is O=C(NN=Cc1ccc(OCc2ccccc2)cc1)c1ccc[n+](Cc2ccccc2)c1.[Cl-]. The normalized spacial score (nSPS) is 10.4. The number of halogens is 1. The summed E-state index contributed by atoms with van der Waals surface area (Å²) in [6.45, 7) is 1.22. The molecule has 6 heteroatoms. The topological polar surface area (TPSA) is 54.6 Å². The molecule has 1 heterocycles. The Labute approximate surface area is 199 Å². The average molecular weight is 458 g/mol. The Morgan fingerprint density at radius 1 is 0.848 bits per heavy atom. The molecule has 0 bridgehead atoms. The summed E-state index contributed by atoms with van der Waals surface area (Å²) in [6.07, 6.45) is 5.37. The van der Waals surface area contributed by atoms with E-state index >= 15 is 0 Å². The molecule has 1 N–H and O–H groups in total. The molecule has 0 saturated carbocycles. The molecule has 3 aromatic carbocycles. The second kappa shape index (κ2) is 12.2. The van der Waals surface area contributed by atoms with Crippen LogP contribution in [-0.4, -0.2) is 12.1 Å². The highest BCUT2D eigenvalue weighted by Crippen LogP contribution is 2.13. The van der Waals surface area contributed by atoms with E-state index < -0.39 is 0 Å². The molecule has 0 atom stereocenters. The van der Waals surface area contributed by atoms with Gasteiger partial charge < -0.3 is 17.1 Å². The summed E-state index contributed by atoms with van der Waals surface area (Å²) in [6, 6.07) is 31.3. The number of ether oxygens (including phenoxy) is 1. The fourth-order valence-corrected chi connectivity index (χ4v) is 3.17. The number of carbonyl (C=O) groups is 1. The third-order valence-electron chi connectivity index (χ3n) is 4.84. The number of rotatable bonds is 8. The molecule has 0 aliphatic carbocycles. The molecule has 0 saturated heterocycles. The van der Waals surface area contributed by atoms with Crippen LogP contribution in [0.4, 0.5) is 0 Å². The van der Waals surface area contributed by atoms with Gasteiger partial charge in [0.1, 0.15) is 17.9 Å². The monoisotopic (exact) mass is 457 g/mol. The molecule has 4 aromatic rings. The van der Waals surface area contributed by atoms with Crippen LogP contribution in [0.15, 0.2) is 115 Å². The number of aromatic nitrogens is 1. The van der Waals surface area contributed by atoms with Gasteiger partial charge in [-0.2, -0.15) is 9.67 Å². The highest BCUT2D eigenvalue weighted by molar-refractivity contribution is 5.94. The molecule has 0 fully saturated rings. The van der Waals surface area contributed by atoms with Crippen molar-refractivity contribution in [1.82, 2.24) is 5.43 Å². The molecule has 0 unspecified atom stereocenters. The Morgan fingerprint density at radius 2 is 1.52 bits per heavy atom. The first-order valence-corrected chi connectivity index (χ1v) is 10.4. The van der Waals surface area contributed by atoms with Crippen molar-refractivity contribution in [3.05, 3.63) is 132 Å². The minimum atomic E-state index is -0.258. The van der Waals surface area contributed by atoms with Gasteiger partial charge in [-0.3, -0.25) is 4.79 Å². The van der Waals surface area contributed by atoms with Crippen LogP contribution in [0.1, 0.15) is 27.0 Å². The van der Waals surface area contributed by atoms with Crippen LogP contribution in [0, 0.1) is 0 Å². The number of nitrogens with one attached hydrogen (secondary N) is 1. The van der Waals surface area contributed by atoms with Crippen LogP contribution in [-0.2, 0) is 13.2 Å². The summed E-state index contributed by atoms with van der Waals surface area (Å²) in [4.78, 5) is 12.5. The molecule has 1 amide bonds. The first-order chi connectivity index (χ1) is 15.8. The molecule has 0 spiro atoms. The van der Waals surface area contributed by atoms with Gasteiger partial charge in [-0.25, -0.2) is 5.43 Å². The summed E-state index contributed by atoms with van der Waals surface area (Å²) in [5.41, 5.74) is 6.29. The maximum atomic E-state index is 12.5. The van der Waals surface area contributed by atoms with Crippen molar-refractivity contribution in [2.75, 3.05) is 0 Å². The predicted octanol–water partition coefficient (Wildman–Crippen LogP) is 1.37. The van der Waals surface area contributed by atoms with Crippen LogP contribution < -0.4 is 27.1 Å². The van der Waals surface area contributed by atoms with Gasteiger partial charge in [-0.1, -0.05) is 60.7 Å². The Hall–Kier alpha value is -3.96. The standard InChI is InChI=1S/C27H23N3O2.ClH/c31-27(25-12-7-17-30(20-25)19-23-8-3-1-4-9-23)29-28-18-22-13-15-26(16-14-22)32-21-24-10-5-2-6-11-24;/h1-18,20H,19,21H2;1H. The van der Waals surface area contributed by atoms with E-state index in [1.54, 1.807) is 12.3 Å². The number of benzene rings is 3. The molecule has 0 aliphatic rings. The Morgan fingerprint density at radius 3 is 2.21 bits per heavy atom. The zero-order valence-corrected chi connectivity index (χ0v) is 18.7. The van der Waals surface area contributed by atoms with E-state index in [1.807, 2.05) is 95.8 Å². The van der Waals surface area contributed by atoms with Gasteiger partial charge in [0.25, 0.3) is 5.91 Å². The number of hydrazone groups is 1. The number of nitrogens with zero attached hydrogens (tertiary/aromatic N) is 2. The van der Waals surface area contributed by atoms with Gasteiger partial charge in [0.15, 0.2) is 18.9 Å². The van der Waals surface area contributed by atoms with Crippen molar-refractivity contribution >= 4 is 12.1 Å². The largest absolute Gasteiger partial charge is 1.00 e. The lowest BCUT2D eigenvalue weighted by molar-refractivity contribution is -0.688. The quantitative estimate of drug-likeness (QED) is 0.247. The lowest BCUT2D eigenvalue weighted by Crippen LogP contribution is -3.00. The minimum Gasteiger partial charge on any atom is -1.00 e. The zero-order chi connectivity index (χ0) is 22.0. The maximum Gasteiger partial charge on any atom is 0.277 e. The second-order valence-electron chi connectivity index (χ2n) is 7.29. The number of hydrogen-bond donors (Lipinski definition) is 1. The molecule has 33 heavy (non-hydrogen) atoms. The number of pyridine rings is 1. The molecule has 1 aromatic heterocycles. The van der Waals surface area contributed by atoms with Gasteiger partial charge in [0.05, 0.1) is 6.21 Å².